The van der Waals surface area contributed by atoms with E-state index in [-0.39, 0.29) is 0 Å². The van der Waals surface area contributed by atoms with Gasteiger partial charge in [-0.3, -0.25) is 0 Å². The zero-order chi connectivity index (χ0) is 19.6. The van der Waals surface area contributed by atoms with Crippen molar-refractivity contribution in [2.45, 2.75) is 32.0 Å². The number of anilines is 2. The zero-order valence-corrected chi connectivity index (χ0v) is 15.3. The second kappa shape index (κ2) is 7.66. The van der Waals surface area contributed by atoms with Crippen LogP contribution in [-0.2, 0) is 12.7 Å². The van der Waals surface area contributed by atoms with Gasteiger partial charge >= 0.3 is 6.18 Å². The molecule has 0 amide bonds. The van der Waals surface area contributed by atoms with Crippen molar-refractivity contribution >= 4 is 22.7 Å². The summed E-state index contributed by atoms with van der Waals surface area (Å²) in [6.07, 6.45) is -0.837. The number of hydrogen-bond acceptors (Lipinski definition) is 4. The minimum Gasteiger partial charge on any atom is -0.365 e. The molecule has 1 aromatic heterocycles. The third-order valence-electron chi connectivity index (χ3n) is 4.97. The number of para-hydroxylation sites is 1. The number of piperidine rings is 1. The number of rotatable bonds is 4. The molecule has 2 heterocycles. The molecule has 4 rings (SSSR count). The molecule has 0 atom stereocenters. The average molecular weight is 386 g/mol. The lowest BCUT2D eigenvalue weighted by molar-refractivity contribution is -0.137. The van der Waals surface area contributed by atoms with Gasteiger partial charge in [0.1, 0.15) is 5.82 Å². The van der Waals surface area contributed by atoms with Gasteiger partial charge in [0, 0.05) is 25.0 Å². The molecule has 3 aromatic rings. The minimum absolute atomic E-state index is 0.387. The van der Waals surface area contributed by atoms with Gasteiger partial charge in [0.2, 0.25) is 5.95 Å². The second-order valence-electron chi connectivity index (χ2n) is 6.99. The van der Waals surface area contributed by atoms with Crippen LogP contribution in [-0.4, -0.2) is 23.1 Å². The van der Waals surface area contributed by atoms with E-state index in [4.69, 9.17) is 9.97 Å². The van der Waals surface area contributed by atoms with Gasteiger partial charge in [-0.05, 0) is 49.1 Å². The molecule has 1 N–H and O–H groups in total. The highest BCUT2D eigenvalue weighted by atomic mass is 19.4. The number of nitrogens with one attached hydrogen (secondary N) is 1. The molecule has 7 heteroatoms. The van der Waals surface area contributed by atoms with E-state index in [2.05, 4.69) is 10.2 Å². The summed E-state index contributed by atoms with van der Waals surface area (Å²) in [6, 6.07) is 13.0. The monoisotopic (exact) mass is 386 g/mol. The van der Waals surface area contributed by atoms with Crippen molar-refractivity contribution in [3.05, 3.63) is 59.7 Å². The molecule has 2 aromatic carbocycles. The number of hydrogen-bond donors (Lipinski definition) is 1. The zero-order valence-electron chi connectivity index (χ0n) is 15.3. The lowest BCUT2D eigenvalue weighted by Gasteiger charge is -2.27. The van der Waals surface area contributed by atoms with Crippen LogP contribution in [0.4, 0.5) is 24.9 Å². The summed E-state index contributed by atoms with van der Waals surface area (Å²) in [4.78, 5) is 11.6. The predicted octanol–water partition coefficient (Wildman–Crippen LogP) is 5.25. The fourth-order valence-electron chi connectivity index (χ4n) is 3.43. The SMILES string of the molecule is FC(F)(F)c1ccc(CNc2nc(N3CCCCC3)nc3ccccc23)cc1. The maximum atomic E-state index is 12.7. The van der Waals surface area contributed by atoms with Crippen LogP contribution in [0.25, 0.3) is 10.9 Å². The van der Waals surface area contributed by atoms with Crippen molar-refractivity contribution in [3.8, 4) is 0 Å². The third-order valence-corrected chi connectivity index (χ3v) is 4.97. The quantitative estimate of drug-likeness (QED) is 0.665. The van der Waals surface area contributed by atoms with Gasteiger partial charge in [-0.15, -0.1) is 0 Å². The van der Waals surface area contributed by atoms with Crippen LogP contribution < -0.4 is 10.2 Å². The largest absolute Gasteiger partial charge is 0.416 e. The van der Waals surface area contributed by atoms with Gasteiger partial charge in [0.05, 0.1) is 11.1 Å². The Labute approximate surface area is 161 Å². The molecule has 146 valence electrons. The number of aromatic nitrogens is 2. The Hall–Kier alpha value is -2.83. The molecule has 0 unspecified atom stereocenters. The average Bonchev–Trinajstić information content (AvgIpc) is 2.72. The lowest BCUT2D eigenvalue weighted by Crippen LogP contribution is -2.31. The van der Waals surface area contributed by atoms with Crippen LogP contribution in [0.1, 0.15) is 30.4 Å². The van der Waals surface area contributed by atoms with Gasteiger partial charge in [-0.25, -0.2) is 4.98 Å². The summed E-state index contributed by atoms with van der Waals surface area (Å²) in [7, 11) is 0. The normalized spacial score (nSPS) is 15.0. The number of alkyl halides is 3. The Morgan fingerprint density at radius 2 is 1.61 bits per heavy atom. The molecular formula is C21H21F3N4. The van der Waals surface area contributed by atoms with Crippen LogP contribution in [0.15, 0.2) is 48.5 Å². The van der Waals surface area contributed by atoms with Crippen LogP contribution in [0, 0.1) is 0 Å². The van der Waals surface area contributed by atoms with Gasteiger partial charge in [0.25, 0.3) is 0 Å². The Kier molecular flexibility index (Phi) is 5.07. The molecule has 1 fully saturated rings. The number of nitrogens with zero attached hydrogens (tertiary/aromatic N) is 3. The predicted molar refractivity (Wildman–Crippen MR) is 104 cm³/mol. The molecule has 0 spiro atoms. The third kappa shape index (κ3) is 4.03. The Bertz CT molecular complexity index is 948. The summed E-state index contributed by atoms with van der Waals surface area (Å²) < 4.78 is 38.2. The van der Waals surface area contributed by atoms with Crippen molar-refractivity contribution in [2.24, 2.45) is 0 Å². The molecule has 0 saturated carbocycles. The van der Waals surface area contributed by atoms with Crippen molar-refractivity contribution in [2.75, 3.05) is 23.3 Å². The molecule has 4 nitrogen and oxygen atoms in total. The van der Waals surface area contributed by atoms with Crippen molar-refractivity contribution in [1.29, 1.82) is 0 Å². The topological polar surface area (TPSA) is 41.1 Å². The van der Waals surface area contributed by atoms with Crippen molar-refractivity contribution < 1.29 is 13.2 Å². The first-order valence-corrected chi connectivity index (χ1v) is 9.42. The molecule has 0 aliphatic carbocycles. The van der Waals surface area contributed by atoms with E-state index in [0.29, 0.717) is 18.3 Å². The Morgan fingerprint density at radius 1 is 0.893 bits per heavy atom. The van der Waals surface area contributed by atoms with Gasteiger partial charge in [-0.2, -0.15) is 18.2 Å². The fourth-order valence-corrected chi connectivity index (χ4v) is 3.43. The highest BCUT2D eigenvalue weighted by Gasteiger charge is 2.29. The van der Waals surface area contributed by atoms with E-state index >= 15 is 0 Å². The minimum atomic E-state index is -4.32. The molecule has 0 bridgehead atoms. The van der Waals surface area contributed by atoms with E-state index in [1.165, 1.54) is 18.6 Å². The van der Waals surface area contributed by atoms with Gasteiger partial charge in [-0.1, -0.05) is 24.3 Å². The van der Waals surface area contributed by atoms with Crippen molar-refractivity contribution in [3.63, 3.8) is 0 Å². The smallest absolute Gasteiger partial charge is 0.365 e. The first kappa shape index (κ1) is 18.5. The van der Waals surface area contributed by atoms with E-state index < -0.39 is 11.7 Å². The molecule has 1 saturated heterocycles. The van der Waals surface area contributed by atoms with E-state index in [1.54, 1.807) is 0 Å². The molecule has 28 heavy (non-hydrogen) atoms. The maximum Gasteiger partial charge on any atom is 0.416 e. The molecule has 1 aliphatic rings. The molecule has 0 radical (unpaired) electrons. The van der Waals surface area contributed by atoms with Crippen LogP contribution in [0.2, 0.25) is 0 Å². The second-order valence-corrected chi connectivity index (χ2v) is 6.99. The summed E-state index contributed by atoms with van der Waals surface area (Å²) in [6.45, 7) is 2.27. The summed E-state index contributed by atoms with van der Waals surface area (Å²) in [5.41, 5.74) is 0.972. The molecular weight excluding hydrogens is 365 g/mol. The van der Waals surface area contributed by atoms with Gasteiger partial charge in [0.15, 0.2) is 0 Å². The van der Waals surface area contributed by atoms with E-state index in [1.807, 2.05) is 24.3 Å². The Balaban J connectivity index is 1.58. The highest BCUT2D eigenvalue weighted by Crippen LogP contribution is 2.29. The van der Waals surface area contributed by atoms with Crippen LogP contribution in [0.3, 0.4) is 0 Å². The number of benzene rings is 2. The van der Waals surface area contributed by atoms with Gasteiger partial charge < -0.3 is 10.2 Å². The number of fused-ring (bicyclic) bond motifs is 1. The van der Waals surface area contributed by atoms with E-state index in [9.17, 15) is 13.2 Å². The maximum absolute atomic E-state index is 12.7. The summed E-state index contributed by atoms with van der Waals surface area (Å²) in [5, 5.41) is 4.18. The first-order chi connectivity index (χ1) is 13.5. The standard InChI is InChI=1S/C21H21F3N4/c22-21(23,24)16-10-8-15(9-11-16)14-25-19-17-6-2-3-7-18(17)26-20(27-19)28-12-4-1-5-13-28/h2-3,6-11H,1,4-5,12-14H2,(H,25,26,27). The Morgan fingerprint density at radius 3 is 2.32 bits per heavy atom. The van der Waals surface area contributed by atoms with Crippen LogP contribution in [0.5, 0.6) is 0 Å². The highest BCUT2D eigenvalue weighted by molar-refractivity contribution is 5.90. The fraction of sp³-hybridized carbons (Fsp3) is 0.333. The number of halogens is 3. The van der Waals surface area contributed by atoms with Crippen LogP contribution >= 0.6 is 0 Å². The molecule has 1 aliphatic heterocycles. The first-order valence-electron chi connectivity index (χ1n) is 9.42. The summed E-state index contributed by atoms with van der Waals surface area (Å²) in [5.74, 6) is 1.40. The lowest BCUT2D eigenvalue weighted by atomic mass is 10.1. The van der Waals surface area contributed by atoms with Crippen molar-refractivity contribution in [1.82, 2.24) is 9.97 Å². The van der Waals surface area contributed by atoms with E-state index in [0.717, 1.165) is 54.5 Å². The summed E-state index contributed by atoms with van der Waals surface area (Å²) >= 11 is 0.